The van der Waals surface area contributed by atoms with Crippen LogP contribution >= 0.6 is 0 Å². The van der Waals surface area contributed by atoms with Crippen molar-refractivity contribution in [1.82, 2.24) is 0 Å². The van der Waals surface area contributed by atoms with Gasteiger partial charge in [0.05, 0.1) is 18.6 Å². The van der Waals surface area contributed by atoms with Gasteiger partial charge in [0, 0.05) is 18.8 Å². The molecule has 1 atom stereocenters. The lowest BCUT2D eigenvalue weighted by Gasteiger charge is -2.24. The number of hydrogen-bond acceptors (Lipinski definition) is 3. The standard InChI is InChI=1S/C13H18N2O/c1-12(16)8-11-15(10-5-9-14)13-6-3-2-4-7-13/h2-4,6-7,12,16H,5,8,10-11H2,1H3. The fraction of sp³-hybridized carbons (Fsp3) is 0.462. The average Bonchev–Trinajstić information content (AvgIpc) is 2.30. The Morgan fingerprint density at radius 2 is 2.00 bits per heavy atom. The Labute approximate surface area is 96.9 Å². The van der Waals surface area contributed by atoms with Crippen LogP contribution in [0.2, 0.25) is 0 Å². The zero-order valence-corrected chi connectivity index (χ0v) is 9.63. The number of nitrogens with zero attached hydrogens (tertiary/aromatic N) is 2. The lowest BCUT2D eigenvalue weighted by molar-refractivity contribution is 0.186. The molecule has 1 rings (SSSR count). The van der Waals surface area contributed by atoms with Crippen molar-refractivity contribution in [3.8, 4) is 6.07 Å². The van der Waals surface area contributed by atoms with Gasteiger partial charge in [-0.2, -0.15) is 5.26 Å². The van der Waals surface area contributed by atoms with Gasteiger partial charge >= 0.3 is 0 Å². The van der Waals surface area contributed by atoms with Gasteiger partial charge in [-0.3, -0.25) is 0 Å². The van der Waals surface area contributed by atoms with Crippen LogP contribution in [0.3, 0.4) is 0 Å². The third kappa shape index (κ3) is 4.33. The van der Waals surface area contributed by atoms with E-state index >= 15 is 0 Å². The predicted molar refractivity (Wildman–Crippen MR) is 65.2 cm³/mol. The molecule has 0 aliphatic carbocycles. The number of anilines is 1. The minimum absolute atomic E-state index is 0.298. The van der Waals surface area contributed by atoms with Crippen molar-refractivity contribution in [3.05, 3.63) is 30.3 Å². The van der Waals surface area contributed by atoms with Gasteiger partial charge in [-0.05, 0) is 25.5 Å². The smallest absolute Gasteiger partial charge is 0.0640 e. The summed E-state index contributed by atoms with van der Waals surface area (Å²) < 4.78 is 0. The summed E-state index contributed by atoms with van der Waals surface area (Å²) in [7, 11) is 0. The van der Waals surface area contributed by atoms with E-state index in [4.69, 9.17) is 5.26 Å². The molecule has 1 aromatic carbocycles. The van der Waals surface area contributed by atoms with Gasteiger partial charge in [0.2, 0.25) is 0 Å². The molecule has 0 radical (unpaired) electrons. The summed E-state index contributed by atoms with van der Waals surface area (Å²) in [6.45, 7) is 3.28. The molecule has 0 aliphatic heterocycles. The third-order valence-electron chi connectivity index (χ3n) is 2.43. The lowest BCUT2D eigenvalue weighted by Crippen LogP contribution is -2.27. The maximum absolute atomic E-state index is 9.28. The first kappa shape index (κ1) is 12.5. The Morgan fingerprint density at radius 3 is 2.56 bits per heavy atom. The molecule has 0 saturated carbocycles. The maximum Gasteiger partial charge on any atom is 0.0640 e. The van der Waals surface area contributed by atoms with Crippen LogP contribution in [0.25, 0.3) is 0 Å². The third-order valence-corrected chi connectivity index (χ3v) is 2.43. The van der Waals surface area contributed by atoms with Crippen LogP contribution in [0, 0.1) is 11.3 Å². The first-order valence-corrected chi connectivity index (χ1v) is 5.59. The minimum atomic E-state index is -0.298. The quantitative estimate of drug-likeness (QED) is 0.796. The molecule has 0 fully saturated rings. The van der Waals surface area contributed by atoms with Crippen LogP contribution < -0.4 is 4.90 Å². The van der Waals surface area contributed by atoms with Gasteiger partial charge in [-0.15, -0.1) is 0 Å². The highest BCUT2D eigenvalue weighted by atomic mass is 16.3. The molecule has 0 amide bonds. The number of nitriles is 1. The van der Waals surface area contributed by atoms with Crippen molar-refractivity contribution in [1.29, 1.82) is 5.26 Å². The molecule has 16 heavy (non-hydrogen) atoms. The average molecular weight is 218 g/mol. The summed E-state index contributed by atoms with van der Waals surface area (Å²) in [5, 5.41) is 17.9. The van der Waals surface area contributed by atoms with E-state index in [9.17, 15) is 5.11 Å². The Hall–Kier alpha value is -1.53. The summed E-state index contributed by atoms with van der Waals surface area (Å²) >= 11 is 0. The largest absolute Gasteiger partial charge is 0.393 e. The minimum Gasteiger partial charge on any atom is -0.393 e. The van der Waals surface area contributed by atoms with E-state index in [0.717, 1.165) is 18.7 Å². The van der Waals surface area contributed by atoms with Crippen LogP contribution in [0.15, 0.2) is 30.3 Å². The van der Waals surface area contributed by atoms with Crippen LogP contribution in [0.5, 0.6) is 0 Å². The van der Waals surface area contributed by atoms with Gasteiger partial charge in [-0.1, -0.05) is 18.2 Å². The SMILES string of the molecule is CC(O)CCN(CCC#N)c1ccccc1. The number of rotatable bonds is 6. The zero-order chi connectivity index (χ0) is 11.8. The normalized spacial score (nSPS) is 11.8. The molecule has 3 heteroatoms. The summed E-state index contributed by atoms with van der Waals surface area (Å²) in [4.78, 5) is 2.13. The molecular weight excluding hydrogens is 200 g/mol. The predicted octanol–water partition coefficient (Wildman–Crippen LogP) is 2.18. The van der Waals surface area contributed by atoms with E-state index in [1.165, 1.54) is 0 Å². The van der Waals surface area contributed by atoms with Crippen molar-refractivity contribution >= 4 is 5.69 Å². The van der Waals surface area contributed by atoms with E-state index in [1.807, 2.05) is 30.3 Å². The van der Waals surface area contributed by atoms with Crippen LogP contribution in [0.1, 0.15) is 19.8 Å². The molecule has 1 N–H and O–H groups in total. The fourth-order valence-corrected chi connectivity index (χ4v) is 1.54. The molecule has 0 aromatic heterocycles. The van der Waals surface area contributed by atoms with Gasteiger partial charge in [-0.25, -0.2) is 0 Å². The second-order valence-electron chi connectivity index (χ2n) is 3.87. The molecule has 0 heterocycles. The fourth-order valence-electron chi connectivity index (χ4n) is 1.54. The first-order chi connectivity index (χ1) is 7.74. The van der Waals surface area contributed by atoms with Gasteiger partial charge < -0.3 is 10.0 Å². The second-order valence-corrected chi connectivity index (χ2v) is 3.87. The molecule has 0 saturated heterocycles. The topological polar surface area (TPSA) is 47.3 Å². The molecule has 3 nitrogen and oxygen atoms in total. The summed E-state index contributed by atoms with van der Waals surface area (Å²) in [5.74, 6) is 0. The van der Waals surface area contributed by atoms with Gasteiger partial charge in [0.25, 0.3) is 0 Å². The maximum atomic E-state index is 9.28. The van der Waals surface area contributed by atoms with Crippen molar-refractivity contribution in [2.75, 3.05) is 18.0 Å². The van der Waals surface area contributed by atoms with Crippen molar-refractivity contribution in [2.24, 2.45) is 0 Å². The lowest BCUT2D eigenvalue weighted by atomic mass is 10.2. The molecule has 0 spiro atoms. The Bertz CT molecular complexity index is 330. The summed E-state index contributed by atoms with van der Waals surface area (Å²) in [5.41, 5.74) is 1.11. The van der Waals surface area contributed by atoms with Crippen LogP contribution in [-0.2, 0) is 0 Å². The summed E-state index contributed by atoms with van der Waals surface area (Å²) in [6.07, 6.45) is 0.933. The number of hydrogen-bond donors (Lipinski definition) is 1. The molecular formula is C13H18N2O. The van der Waals surface area contributed by atoms with E-state index in [0.29, 0.717) is 13.0 Å². The van der Waals surface area contributed by atoms with E-state index in [-0.39, 0.29) is 6.10 Å². The van der Waals surface area contributed by atoms with E-state index < -0.39 is 0 Å². The Morgan fingerprint density at radius 1 is 1.31 bits per heavy atom. The number of aliphatic hydroxyl groups excluding tert-OH is 1. The molecule has 1 unspecified atom stereocenters. The Balaban J connectivity index is 2.60. The molecule has 1 aromatic rings. The van der Waals surface area contributed by atoms with Crippen molar-refractivity contribution in [2.45, 2.75) is 25.9 Å². The highest BCUT2D eigenvalue weighted by molar-refractivity contribution is 5.45. The van der Waals surface area contributed by atoms with Crippen LogP contribution in [0.4, 0.5) is 5.69 Å². The van der Waals surface area contributed by atoms with Crippen molar-refractivity contribution < 1.29 is 5.11 Å². The van der Waals surface area contributed by atoms with Gasteiger partial charge in [0.1, 0.15) is 0 Å². The van der Waals surface area contributed by atoms with Crippen molar-refractivity contribution in [3.63, 3.8) is 0 Å². The highest BCUT2D eigenvalue weighted by Crippen LogP contribution is 2.14. The number of benzene rings is 1. The van der Waals surface area contributed by atoms with Crippen LogP contribution in [-0.4, -0.2) is 24.3 Å². The molecule has 86 valence electrons. The monoisotopic (exact) mass is 218 g/mol. The molecule has 0 bridgehead atoms. The number of para-hydroxylation sites is 1. The molecule has 0 aliphatic rings. The second kappa shape index (κ2) is 6.86. The Kier molecular flexibility index (Phi) is 5.38. The van der Waals surface area contributed by atoms with E-state index in [2.05, 4.69) is 11.0 Å². The number of aliphatic hydroxyl groups is 1. The highest BCUT2D eigenvalue weighted by Gasteiger charge is 2.06. The van der Waals surface area contributed by atoms with E-state index in [1.54, 1.807) is 6.92 Å². The first-order valence-electron chi connectivity index (χ1n) is 5.59. The zero-order valence-electron chi connectivity index (χ0n) is 9.63. The summed E-state index contributed by atoms with van der Waals surface area (Å²) in [6, 6.07) is 12.1. The van der Waals surface area contributed by atoms with Gasteiger partial charge in [0.15, 0.2) is 0 Å².